The number of rotatable bonds is 1. The maximum atomic E-state index is 6.33. The molecule has 1 heterocycles. The number of hydrogen-bond donors (Lipinski definition) is 0. The average molecular weight is 474 g/mol. The SMILES string of the molecule is Cc1cc(C)n(C(Cl)(Br)C(Br)(Br)Br)n1. The third-order valence-corrected chi connectivity index (χ3v) is 6.99. The summed E-state index contributed by atoms with van der Waals surface area (Å²) in [5.74, 6) is 0. The summed E-state index contributed by atoms with van der Waals surface area (Å²) in [6, 6.07) is 1.96. The standard InChI is InChI=1S/C7H7Br4ClN2/c1-4-3-5(2)14(13-4)7(11,12)6(8,9)10/h3H,1-2H3. The van der Waals surface area contributed by atoms with Gasteiger partial charge in [0, 0.05) is 5.69 Å². The Kier molecular flexibility index (Phi) is 4.19. The molecule has 1 rings (SSSR count). The lowest BCUT2D eigenvalue weighted by molar-refractivity contribution is 0.564. The first-order valence-electron chi connectivity index (χ1n) is 3.64. The van der Waals surface area contributed by atoms with Crippen LogP contribution in [0.1, 0.15) is 11.4 Å². The maximum absolute atomic E-state index is 6.33. The number of alkyl halides is 5. The summed E-state index contributed by atoms with van der Waals surface area (Å²) in [4.78, 5) is 0. The van der Waals surface area contributed by atoms with Gasteiger partial charge in [-0.25, -0.2) is 4.68 Å². The van der Waals surface area contributed by atoms with E-state index in [1.54, 1.807) is 4.68 Å². The fourth-order valence-electron chi connectivity index (χ4n) is 1.03. The minimum absolute atomic E-state index is 0.676. The van der Waals surface area contributed by atoms with Gasteiger partial charge in [-0.05, 0) is 35.8 Å². The molecule has 1 unspecified atom stereocenters. The van der Waals surface area contributed by atoms with Crippen LogP contribution < -0.4 is 0 Å². The molecule has 14 heavy (non-hydrogen) atoms. The van der Waals surface area contributed by atoms with Crippen LogP contribution >= 0.6 is 75.3 Å². The number of aryl methyl sites for hydroxylation is 2. The summed E-state index contributed by atoms with van der Waals surface area (Å²) in [5.41, 5.74) is 1.89. The minimum atomic E-state index is -0.918. The van der Waals surface area contributed by atoms with Gasteiger partial charge >= 0.3 is 0 Å². The van der Waals surface area contributed by atoms with Crippen LogP contribution in [0.5, 0.6) is 0 Å². The molecule has 0 saturated heterocycles. The summed E-state index contributed by atoms with van der Waals surface area (Å²) >= 11 is 19.9. The summed E-state index contributed by atoms with van der Waals surface area (Å²) in [6.45, 7) is 3.86. The van der Waals surface area contributed by atoms with Gasteiger partial charge in [0.15, 0.2) is 2.14 Å². The van der Waals surface area contributed by atoms with E-state index in [2.05, 4.69) is 68.8 Å². The zero-order valence-electron chi connectivity index (χ0n) is 7.36. The lowest BCUT2D eigenvalue weighted by Gasteiger charge is -2.30. The van der Waals surface area contributed by atoms with Gasteiger partial charge in [0.25, 0.3) is 0 Å². The van der Waals surface area contributed by atoms with Crippen molar-refractivity contribution >= 4 is 75.3 Å². The summed E-state index contributed by atoms with van der Waals surface area (Å²) in [5, 5.41) is 4.30. The third-order valence-electron chi connectivity index (χ3n) is 1.62. The minimum Gasteiger partial charge on any atom is -0.235 e. The highest BCUT2D eigenvalue weighted by Gasteiger charge is 2.46. The zero-order chi connectivity index (χ0) is 11.1. The maximum Gasteiger partial charge on any atom is 0.224 e. The second kappa shape index (κ2) is 4.35. The molecule has 7 heteroatoms. The van der Waals surface area contributed by atoms with Gasteiger partial charge in [0.2, 0.25) is 3.91 Å². The lowest BCUT2D eigenvalue weighted by atomic mass is 10.4. The molecule has 0 aliphatic rings. The van der Waals surface area contributed by atoms with Gasteiger partial charge in [-0.2, -0.15) is 5.10 Å². The van der Waals surface area contributed by atoms with E-state index >= 15 is 0 Å². The molecule has 1 aromatic heterocycles. The van der Waals surface area contributed by atoms with Crippen molar-refractivity contribution < 1.29 is 0 Å². The van der Waals surface area contributed by atoms with E-state index in [9.17, 15) is 0 Å². The summed E-state index contributed by atoms with van der Waals surface area (Å²) < 4.78 is 0.0885. The average Bonchev–Trinajstić information content (AvgIpc) is 2.27. The Hall–Kier alpha value is 1.42. The second-order valence-electron chi connectivity index (χ2n) is 2.88. The van der Waals surface area contributed by atoms with E-state index in [4.69, 9.17) is 11.6 Å². The molecule has 0 aliphatic heterocycles. The number of hydrogen-bond acceptors (Lipinski definition) is 1. The van der Waals surface area contributed by atoms with Crippen molar-refractivity contribution in [2.45, 2.75) is 19.9 Å². The van der Waals surface area contributed by atoms with E-state index in [0.29, 0.717) is 0 Å². The molecule has 80 valence electrons. The van der Waals surface area contributed by atoms with Crippen molar-refractivity contribution in [1.29, 1.82) is 0 Å². The van der Waals surface area contributed by atoms with Crippen LogP contribution in [0.2, 0.25) is 0 Å². The molecule has 1 atom stereocenters. The van der Waals surface area contributed by atoms with Crippen molar-refractivity contribution in [3.8, 4) is 0 Å². The van der Waals surface area contributed by atoms with E-state index in [0.717, 1.165) is 11.4 Å². The van der Waals surface area contributed by atoms with Crippen LogP contribution in [0.4, 0.5) is 0 Å². The molecule has 0 radical (unpaired) electrons. The fraction of sp³-hybridized carbons (Fsp3) is 0.571. The normalized spacial score (nSPS) is 16.8. The monoisotopic (exact) mass is 470 g/mol. The van der Waals surface area contributed by atoms with Crippen LogP contribution in [0.25, 0.3) is 0 Å². The molecule has 0 amide bonds. The highest BCUT2D eigenvalue weighted by atomic mass is 80.0. The Labute approximate surface area is 121 Å². The fourth-order valence-corrected chi connectivity index (χ4v) is 2.07. The molecule has 0 N–H and O–H groups in total. The van der Waals surface area contributed by atoms with E-state index in [1.165, 1.54) is 0 Å². The Bertz CT molecular complexity index is 342. The van der Waals surface area contributed by atoms with Crippen LogP contribution in [-0.4, -0.2) is 11.9 Å². The Morgan fingerprint density at radius 2 is 1.79 bits per heavy atom. The number of nitrogens with zero attached hydrogens (tertiary/aromatic N) is 2. The highest BCUT2D eigenvalue weighted by molar-refractivity contribution is 9.40. The topological polar surface area (TPSA) is 17.8 Å². The third kappa shape index (κ3) is 2.56. The molecule has 0 bridgehead atoms. The zero-order valence-corrected chi connectivity index (χ0v) is 14.5. The Balaban J connectivity index is 3.22. The molecule has 1 aromatic rings. The van der Waals surface area contributed by atoms with E-state index in [-0.39, 0.29) is 0 Å². The predicted molar refractivity (Wildman–Crippen MR) is 74.0 cm³/mol. The van der Waals surface area contributed by atoms with Crippen molar-refractivity contribution in [1.82, 2.24) is 9.78 Å². The highest BCUT2D eigenvalue weighted by Crippen LogP contribution is 2.54. The predicted octanol–water partition coefficient (Wildman–Crippen LogP) is 4.58. The molecule has 0 saturated carbocycles. The second-order valence-corrected chi connectivity index (χ2v) is 11.8. The van der Waals surface area contributed by atoms with Gasteiger partial charge in [-0.1, -0.05) is 59.4 Å². The van der Waals surface area contributed by atoms with Gasteiger partial charge in [0.1, 0.15) is 0 Å². The molecule has 2 nitrogen and oxygen atoms in total. The van der Waals surface area contributed by atoms with Crippen LogP contribution in [0, 0.1) is 13.8 Å². The van der Waals surface area contributed by atoms with E-state index in [1.807, 2.05) is 19.9 Å². The molecule has 0 fully saturated rings. The molecule has 0 aromatic carbocycles. The van der Waals surface area contributed by atoms with Crippen LogP contribution in [0.3, 0.4) is 0 Å². The Morgan fingerprint density at radius 1 is 1.29 bits per heavy atom. The first kappa shape index (κ1) is 13.5. The first-order valence-corrected chi connectivity index (χ1v) is 7.19. The van der Waals surface area contributed by atoms with E-state index < -0.39 is 6.05 Å². The first-order chi connectivity index (χ1) is 6.16. The van der Waals surface area contributed by atoms with Gasteiger partial charge in [-0.15, -0.1) is 0 Å². The summed E-state index contributed by atoms with van der Waals surface area (Å²) in [7, 11) is 0. The summed E-state index contributed by atoms with van der Waals surface area (Å²) in [6.07, 6.45) is 0. The number of aromatic nitrogens is 2. The van der Waals surface area contributed by atoms with Crippen molar-refractivity contribution in [3.63, 3.8) is 0 Å². The molecular weight excluding hydrogens is 467 g/mol. The molecule has 0 aliphatic carbocycles. The van der Waals surface area contributed by atoms with Gasteiger partial charge in [0.05, 0.1) is 5.69 Å². The number of halogens is 5. The quantitative estimate of drug-likeness (QED) is 0.545. The lowest BCUT2D eigenvalue weighted by Crippen LogP contribution is -2.34. The largest absolute Gasteiger partial charge is 0.235 e. The van der Waals surface area contributed by atoms with Crippen molar-refractivity contribution in [2.24, 2.45) is 0 Å². The van der Waals surface area contributed by atoms with Crippen LogP contribution in [0.15, 0.2) is 6.07 Å². The van der Waals surface area contributed by atoms with Crippen molar-refractivity contribution in [3.05, 3.63) is 17.5 Å². The smallest absolute Gasteiger partial charge is 0.224 e. The molecular formula is C7H7Br4ClN2. The van der Waals surface area contributed by atoms with Gasteiger partial charge in [-0.3, -0.25) is 0 Å². The van der Waals surface area contributed by atoms with Crippen LogP contribution in [-0.2, 0) is 3.91 Å². The van der Waals surface area contributed by atoms with Crippen molar-refractivity contribution in [2.75, 3.05) is 0 Å². The van der Waals surface area contributed by atoms with Gasteiger partial charge < -0.3 is 0 Å². The molecule has 0 spiro atoms. The Morgan fingerprint density at radius 3 is 2.07 bits per heavy atom.